The van der Waals surface area contributed by atoms with Crippen LogP contribution in [0.4, 0.5) is 11.4 Å². The van der Waals surface area contributed by atoms with Gasteiger partial charge in [-0.1, -0.05) is 27.5 Å². The molecule has 0 saturated heterocycles. The van der Waals surface area contributed by atoms with Gasteiger partial charge in [-0.25, -0.2) is 0 Å². The molecular formula is C14H11Br2ClN2OS. The summed E-state index contributed by atoms with van der Waals surface area (Å²) >= 11 is 14.2. The second-order valence-corrected chi connectivity index (χ2v) is 7.35. The Morgan fingerprint density at radius 3 is 2.71 bits per heavy atom. The second kappa shape index (κ2) is 7.54. The van der Waals surface area contributed by atoms with Gasteiger partial charge >= 0.3 is 0 Å². The van der Waals surface area contributed by atoms with Crippen LogP contribution < -0.4 is 11.1 Å². The van der Waals surface area contributed by atoms with Crippen LogP contribution in [0.25, 0.3) is 0 Å². The highest BCUT2D eigenvalue weighted by molar-refractivity contribution is 9.11. The first kappa shape index (κ1) is 16.7. The maximum atomic E-state index is 12.0. The molecule has 0 atom stereocenters. The zero-order valence-electron chi connectivity index (χ0n) is 10.7. The first-order valence-corrected chi connectivity index (χ1v) is 8.83. The summed E-state index contributed by atoms with van der Waals surface area (Å²) in [5, 5.41) is 3.43. The van der Waals surface area contributed by atoms with Crippen LogP contribution in [0, 0.1) is 0 Å². The average Bonchev–Trinajstić information content (AvgIpc) is 2.43. The minimum atomic E-state index is -0.110. The molecule has 0 aliphatic carbocycles. The maximum Gasteiger partial charge on any atom is 0.234 e. The monoisotopic (exact) mass is 448 g/mol. The number of thioether (sulfide) groups is 1. The number of nitrogens with two attached hydrogens (primary N) is 1. The molecule has 0 saturated carbocycles. The van der Waals surface area contributed by atoms with Crippen molar-refractivity contribution in [3.05, 3.63) is 50.4 Å². The van der Waals surface area contributed by atoms with Gasteiger partial charge in [0, 0.05) is 19.5 Å². The Hall–Kier alpha value is -0.690. The van der Waals surface area contributed by atoms with E-state index in [9.17, 15) is 4.79 Å². The summed E-state index contributed by atoms with van der Waals surface area (Å²) in [5.41, 5.74) is 7.06. The normalized spacial score (nSPS) is 10.4. The molecule has 7 heteroatoms. The largest absolute Gasteiger partial charge is 0.399 e. The van der Waals surface area contributed by atoms with Crippen molar-refractivity contribution in [3.63, 3.8) is 0 Å². The van der Waals surface area contributed by atoms with Gasteiger partial charge in [0.05, 0.1) is 16.5 Å². The van der Waals surface area contributed by atoms with Gasteiger partial charge in [0.2, 0.25) is 5.91 Å². The molecule has 0 aliphatic heterocycles. The van der Waals surface area contributed by atoms with Crippen LogP contribution in [0.1, 0.15) is 0 Å². The third kappa shape index (κ3) is 4.92. The number of anilines is 2. The quantitative estimate of drug-likeness (QED) is 0.499. The topological polar surface area (TPSA) is 55.1 Å². The Morgan fingerprint density at radius 1 is 1.24 bits per heavy atom. The zero-order valence-corrected chi connectivity index (χ0v) is 15.4. The summed E-state index contributed by atoms with van der Waals surface area (Å²) in [5.74, 6) is 0.146. The molecule has 0 fully saturated rings. The van der Waals surface area contributed by atoms with Crippen molar-refractivity contribution in [1.29, 1.82) is 0 Å². The minimum absolute atomic E-state index is 0.110. The molecule has 0 spiro atoms. The summed E-state index contributed by atoms with van der Waals surface area (Å²) in [4.78, 5) is 12.8. The van der Waals surface area contributed by atoms with Crippen LogP contribution in [0.15, 0.2) is 50.2 Å². The number of nitrogen functional groups attached to an aromatic ring is 1. The van der Waals surface area contributed by atoms with Crippen molar-refractivity contribution in [1.82, 2.24) is 0 Å². The summed E-state index contributed by atoms with van der Waals surface area (Å²) in [6, 6.07) is 10.8. The standard InChI is InChI=1S/C14H11Br2ClN2OS/c15-8-1-4-12(10(16)5-8)19-14(20)7-21-13-6-9(18)2-3-11(13)17/h1-6H,7,18H2,(H,19,20). The van der Waals surface area contributed by atoms with E-state index in [1.165, 1.54) is 11.8 Å². The van der Waals surface area contributed by atoms with Gasteiger partial charge in [0.25, 0.3) is 0 Å². The molecule has 0 unspecified atom stereocenters. The Kier molecular flexibility index (Phi) is 5.98. The highest BCUT2D eigenvalue weighted by Gasteiger charge is 2.09. The number of nitrogens with one attached hydrogen (secondary N) is 1. The summed E-state index contributed by atoms with van der Waals surface area (Å²) < 4.78 is 1.76. The fourth-order valence-corrected chi connectivity index (χ4v) is 3.76. The average molecular weight is 451 g/mol. The lowest BCUT2D eigenvalue weighted by atomic mass is 10.3. The van der Waals surface area contributed by atoms with Crippen LogP contribution in [0.3, 0.4) is 0 Å². The molecule has 1 amide bonds. The molecular weight excluding hydrogens is 439 g/mol. The Balaban J connectivity index is 1.97. The molecule has 0 bridgehead atoms. The van der Waals surface area contributed by atoms with E-state index >= 15 is 0 Å². The molecule has 3 nitrogen and oxygen atoms in total. The molecule has 0 aromatic heterocycles. The molecule has 0 radical (unpaired) electrons. The van der Waals surface area contributed by atoms with Crippen molar-refractivity contribution in [2.24, 2.45) is 0 Å². The second-order valence-electron chi connectivity index (χ2n) is 4.15. The highest BCUT2D eigenvalue weighted by atomic mass is 79.9. The van der Waals surface area contributed by atoms with Crippen LogP contribution >= 0.6 is 55.2 Å². The van der Waals surface area contributed by atoms with E-state index in [4.69, 9.17) is 17.3 Å². The van der Waals surface area contributed by atoms with E-state index in [0.29, 0.717) is 10.7 Å². The van der Waals surface area contributed by atoms with Gasteiger partial charge in [-0.15, -0.1) is 11.8 Å². The minimum Gasteiger partial charge on any atom is -0.399 e. The van der Waals surface area contributed by atoms with E-state index < -0.39 is 0 Å². The third-order valence-electron chi connectivity index (χ3n) is 2.52. The first-order valence-electron chi connectivity index (χ1n) is 5.88. The number of carbonyl (C=O) groups excluding carboxylic acids is 1. The number of hydrogen-bond acceptors (Lipinski definition) is 3. The van der Waals surface area contributed by atoms with E-state index in [2.05, 4.69) is 37.2 Å². The van der Waals surface area contributed by atoms with Crippen molar-refractivity contribution in [2.45, 2.75) is 4.90 Å². The maximum absolute atomic E-state index is 12.0. The third-order valence-corrected chi connectivity index (χ3v) is 5.17. The molecule has 2 aromatic carbocycles. The van der Waals surface area contributed by atoms with Gasteiger partial charge in [-0.2, -0.15) is 0 Å². The highest BCUT2D eigenvalue weighted by Crippen LogP contribution is 2.30. The number of rotatable bonds is 4. The fourth-order valence-electron chi connectivity index (χ4n) is 1.55. The summed E-state index contributed by atoms with van der Waals surface area (Å²) in [6.45, 7) is 0. The van der Waals surface area contributed by atoms with Crippen LogP contribution in [0.5, 0.6) is 0 Å². The van der Waals surface area contributed by atoms with Gasteiger partial charge in [0.15, 0.2) is 0 Å². The number of halogens is 3. The molecule has 2 rings (SSSR count). The zero-order chi connectivity index (χ0) is 15.4. The van der Waals surface area contributed by atoms with Crippen molar-refractivity contribution >= 4 is 72.5 Å². The van der Waals surface area contributed by atoms with E-state index in [-0.39, 0.29) is 11.7 Å². The number of amides is 1. The molecule has 3 N–H and O–H groups in total. The number of benzene rings is 2. The van der Waals surface area contributed by atoms with Gasteiger partial charge in [0.1, 0.15) is 0 Å². The lowest BCUT2D eigenvalue weighted by Gasteiger charge is -2.08. The molecule has 110 valence electrons. The molecule has 0 aliphatic rings. The van der Waals surface area contributed by atoms with E-state index in [0.717, 1.165) is 19.5 Å². The Labute approximate surface area is 148 Å². The van der Waals surface area contributed by atoms with Crippen molar-refractivity contribution in [2.75, 3.05) is 16.8 Å². The smallest absolute Gasteiger partial charge is 0.234 e. The lowest BCUT2D eigenvalue weighted by molar-refractivity contribution is -0.113. The van der Waals surface area contributed by atoms with Gasteiger partial charge < -0.3 is 11.1 Å². The predicted octanol–water partition coefficient (Wildman–Crippen LogP) is 5.18. The first-order chi connectivity index (χ1) is 9.95. The molecule has 0 heterocycles. The van der Waals surface area contributed by atoms with E-state index in [1.807, 2.05) is 18.2 Å². The van der Waals surface area contributed by atoms with Gasteiger partial charge in [-0.05, 0) is 52.3 Å². The summed E-state index contributed by atoms with van der Waals surface area (Å²) in [6.07, 6.45) is 0. The fraction of sp³-hybridized carbons (Fsp3) is 0.0714. The van der Waals surface area contributed by atoms with Crippen LogP contribution in [-0.4, -0.2) is 11.7 Å². The van der Waals surface area contributed by atoms with Crippen LogP contribution in [0.2, 0.25) is 5.02 Å². The number of carbonyl (C=O) groups is 1. The SMILES string of the molecule is Nc1ccc(Cl)c(SCC(=O)Nc2ccc(Br)cc2Br)c1. The Morgan fingerprint density at radius 2 is 2.00 bits per heavy atom. The molecule has 21 heavy (non-hydrogen) atoms. The molecule has 2 aromatic rings. The number of hydrogen-bond donors (Lipinski definition) is 2. The lowest BCUT2D eigenvalue weighted by Crippen LogP contribution is -2.14. The Bertz CT molecular complexity index is 682. The van der Waals surface area contributed by atoms with Gasteiger partial charge in [-0.3, -0.25) is 4.79 Å². The van der Waals surface area contributed by atoms with Crippen molar-refractivity contribution in [3.8, 4) is 0 Å². The predicted molar refractivity (Wildman–Crippen MR) is 97.1 cm³/mol. The summed E-state index contributed by atoms with van der Waals surface area (Å²) in [7, 11) is 0. The van der Waals surface area contributed by atoms with E-state index in [1.54, 1.807) is 18.2 Å². The van der Waals surface area contributed by atoms with Crippen molar-refractivity contribution < 1.29 is 4.79 Å². The van der Waals surface area contributed by atoms with Crippen LogP contribution in [-0.2, 0) is 4.79 Å².